The Morgan fingerprint density at radius 1 is 1.53 bits per heavy atom. The van der Waals surface area contributed by atoms with Gasteiger partial charge >= 0.3 is 0 Å². The van der Waals surface area contributed by atoms with Crippen molar-refractivity contribution in [2.24, 2.45) is 5.73 Å². The summed E-state index contributed by atoms with van der Waals surface area (Å²) in [5.41, 5.74) is 5.61. The number of aliphatic hydroxyl groups is 1. The summed E-state index contributed by atoms with van der Waals surface area (Å²) in [5.74, 6) is -0.0981. The quantitative estimate of drug-likeness (QED) is 0.461. The number of nitrogens with one attached hydrogen (secondary N) is 1. The molecule has 0 aromatic carbocycles. The van der Waals surface area contributed by atoms with Gasteiger partial charge in [-0.2, -0.15) is 0 Å². The van der Waals surface area contributed by atoms with Gasteiger partial charge in [0, 0.05) is 13.2 Å². The summed E-state index contributed by atoms with van der Waals surface area (Å²) in [4.78, 5) is 11.3. The Morgan fingerprint density at radius 2 is 2.27 bits per heavy atom. The SMILES string of the molecule is CCCC(N)C(=O)NCCCOCCO. The zero-order valence-electron chi connectivity index (χ0n) is 9.37. The first-order valence-electron chi connectivity index (χ1n) is 5.44. The molecule has 0 saturated heterocycles. The lowest BCUT2D eigenvalue weighted by atomic mass is 10.2. The van der Waals surface area contributed by atoms with Crippen molar-refractivity contribution in [3.05, 3.63) is 0 Å². The molecular formula is C10H22N2O3. The molecule has 0 aromatic rings. The van der Waals surface area contributed by atoms with E-state index < -0.39 is 6.04 Å². The van der Waals surface area contributed by atoms with Crippen LogP contribution in [-0.2, 0) is 9.53 Å². The number of hydrogen-bond donors (Lipinski definition) is 3. The fourth-order valence-electron chi connectivity index (χ4n) is 1.13. The Bertz CT molecular complexity index is 165. The molecule has 1 atom stereocenters. The maximum Gasteiger partial charge on any atom is 0.236 e. The normalized spacial score (nSPS) is 12.5. The van der Waals surface area contributed by atoms with Crippen LogP contribution in [0, 0.1) is 0 Å². The minimum absolute atomic E-state index is 0.0354. The third-order valence-corrected chi connectivity index (χ3v) is 1.94. The molecule has 0 radical (unpaired) electrons. The largest absolute Gasteiger partial charge is 0.394 e. The molecule has 0 spiro atoms. The van der Waals surface area contributed by atoms with E-state index in [0.29, 0.717) is 26.2 Å². The lowest BCUT2D eigenvalue weighted by Gasteiger charge is -2.10. The lowest BCUT2D eigenvalue weighted by Crippen LogP contribution is -2.40. The maximum atomic E-state index is 11.3. The van der Waals surface area contributed by atoms with Crippen molar-refractivity contribution in [2.45, 2.75) is 32.2 Å². The number of aliphatic hydroxyl groups excluding tert-OH is 1. The minimum atomic E-state index is -0.395. The van der Waals surface area contributed by atoms with Gasteiger partial charge in [0.15, 0.2) is 0 Å². The Morgan fingerprint density at radius 3 is 2.87 bits per heavy atom. The van der Waals surface area contributed by atoms with Gasteiger partial charge < -0.3 is 20.9 Å². The van der Waals surface area contributed by atoms with Crippen molar-refractivity contribution in [1.82, 2.24) is 5.32 Å². The molecule has 0 aliphatic heterocycles. The number of carbonyl (C=O) groups is 1. The second kappa shape index (κ2) is 9.89. The zero-order chi connectivity index (χ0) is 11.5. The number of ether oxygens (including phenoxy) is 1. The van der Waals surface area contributed by atoms with Gasteiger partial charge in [-0.3, -0.25) is 4.79 Å². The minimum Gasteiger partial charge on any atom is -0.394 e. The molecule has 5 heteroatoms. The van der Waals surface area contributed by atoms with Crippen molar-refractivity contribution in [1.29, 1.82) is 0 Å². The number of rotatable bonds is 9. The molecule has 1 amide bonds. The Balaban J connectivity index is 3.30. The van der Waals surface area contributed by atoms with Gasteiger partial charge in [0.2, 0.25) is 5.91 Å². The maximum absolute atomic E-state index is 11.3. The number of carbonyl (C=O) groups excluding carboxylic acids is 1. The molecule has 15 heavy (non-hydrogen) atoms. The third-order valence-electron chi connectivity index (χ3n) is 1.94. The van der Waals surface area contributed by atoms with E-state index in [4.69, 9.17) is 15.6 Å². The molecule has 1 unspecified atom stereocenters. The molecule has 0 bridgehead atoms. The van der Waals surface area contributed by atoms with Crippen LogP contribution in [0.2, 0.25) is 0 Å². The highest BCUT2D eigenvalue weighted by atomic mass is 16.5. The standard InChI is InChI=1S/C10H22N2O3/c1-2-4-9(11)10(14)12-5-3-7-15-8-6-13/h9,13H,2-8,11H2,1H3,(H,12,14). The first-order chi connectivity index (χ1) is 7.22. The van der Waals surface area contributed by atoms with Crippen LogP contribution >= 0.6 is 0 Å². The van der Waals surface area contributed by atoms with E-state index in [1.807, 2.05) is 6.92 Å². The summed E-state index contributed by atoms with van der Waals surface area (Å²) in [5, 5.41) is 11.2. The van der Waals surface area contributed by atoms with E-state index in [9.17, 15) is 4.79 Å². The Kier molecular flexibility index (Phi) is 9.46. The van der Waals surface area contributed by atoms with Gasteiger partial charge in [0.25, 0.3) is 0 Å². The summed E-state index contributed by atoms with van der Waals surface area (Å²) in [6.45, 7) is 3.50. The molecule has 0 aliphatic carbocycles. The van der Waals surface area contributed by atoms with Crippen molar-refractivity contribution < 1.29 is 14.6 Å². The first-order valence-corrected chi connectivity index (χ1v) is 5.44. The highest BCUT2D eigenvalue weighted by molar-refractivity contribution is 5.81. The van der Waals surface area contributed by atoms with Crippen molar-refractivity contribution in [3.63, 3.8) is 0 Å². The van der Waals surface area contributed by atoms with E-state index in [1.165, 1.54) is 0 Å². The summed E-state index contributed by atoms with van der Waals surface area (Å²) in [6, 6.07) is -0.395. The Labute approximate surface area is 91.0 Å². The summed E-state index contributed by atoms with van der Waals surface area (Å²) >= 11 is 0. The predicted molar refractivity (Wildman–Crippen MR) is 58.4 cm³/mol. The van der Waals surface area contributed by atoms with E-state index in [1.54, 1.807) is 0 Å². The van der Waals surface area contributed by atoms with Gasteiger partial charge in [-0.05, 0) is 12.8 Å². The van der Waals surface area contributed by atoms with Gasteiger partial charge in [0.1, 0.15) is 0 Å². The highest BCUT2D eigenvalue weighted by Gasteiger charge is 2.10. The Hall–Kier alpha value is -0.650. The van der Waals surface area contributed by atoms with Crippen molar-refractivity contribution in [2.75, 3.05) is 26.4 Å². The van der Waals surface area contributed by atoms with E-state index in [2.05, 4.69) is 5.32 Å². The molecule has 90 valence electrons. The van der Waals surface area contributed by atoms with Crippen LogP contribution in [0.1, 0.15) is 26.2 Å². The summed E-state index contributed by atoms with van der Waals surface area (Å²) in [7, 11) is 0. The van der Waals surface area contributed by atoms with Crippen LogP contribution in [-0.4, -0.2) is 43.4 Å². The molecule has 0 fully saturated rings. The smallest absolute Gasteiger partial charge is 0.236 e. The van der Waals surface area contributed by atoms with Crippen molar-refractivity contribution in [3.8, 4) is 0 Å². The van der Waals surface area contributed by atoms with Crippen LogP contribution in [0.5, 0.6) is 0 Å². The second-order valence-electron chi connectivity index (χ2n) is 3.38. The molecule has 0 rings (SSSR count). The summed E-state index contributed by atoms with van der Waals surface area (Å²) < 4.78 is 5.04. The topological polar surface area (TPSA) is 84.6 Å². The highest BCUT2D eigenvalue weighted by Crippen LogP contribution is 1.92. The van der Waals surface area contributed by atoms with Crippen LogP contribution in [0.25, 0.3) is 0 Å². The van der Waals surface area contributed by atoms with Gasteiger partial charge in [0.05, 0.1) is 19.3 Å². The fourth-order valence-corrected chi connectivity index (χ4v) is 1.13. The fraction of sp³-hybridized carbons (Fsp3) is 0.900. The average molecular weight is 218 g/mol. The predicted octanol–water partition coefficient (Wildman–Crippen LogP) is -0.371. The van der Waals surface area contributed by atoms with E-state index in [-0.39, 0.29) is 12.5 Å². The van der Waals surface area contributed by atoms with E-state index in [0.717, 1.165) is 12.8 Å². The molecule has 0 saturated carbocycles. The number of nitrogens with two attached hydrogens (primary N) is 1. The van der Waals surface area contributed by atoms with Crippen LogP contribution in [0.4, 0.5) is 0 Å². The van der Waals surface area contributed by atoms with Crippen LogP contribution in [0.3, 0.4) is 0 Å². The monoisotopic (exact) mass is 218 g/mol. The molecule has 0 aliphatic rings. The number of hydrogen-bond acceptors (Lipinski definition) is 4. The van der Waals surface area contributed by atoms with Crippen LogP contribution in [0.15, 0.2) is 0 Å². The third kappa shape index (κ3) is 8.35. The second-order valence-corrected chi connectivity index (χ2v) is 3.38. The van der Waals surface area contributed by atoms with Gasteiger partial charge in [-0.25, -0.2) is 0 Å². The molecule has 4 N–H and O–H groups in total. The molecule has 5 nitrogen and oxygen atoms in total. The molecule has 0 heterocycles. The lowest BCUT2D eigenvalue weighted by molar-refractivity contribution is -0.122. The molecular weight excluding hydrogens is 196 g/mol. The van der Waals surface area contributed by atoms with Crippen molar-refractivity contribution >= 4 is 5.91 Å². The average Bonchev–Trinajstić information content (AvgIpc) is 2.23. The zero-order valence-corrected chi connectivity index (χ0v) is 9.37. The van der Waals surface area contributed by atoms with Gasteiger partial charge in [-0.15, -0.1) is 0 Å². The molecule has 0 aromatic heterocycles. The van der Waals surface area contributed by atoms with E-state index >= 15 is 0 Å². The van der Waals surface area contributed by atoms with Crippen LogP contribution < -0.4 is 11.1 Å². The number of amides is 1. The van der Waals surface area contributed by atoms with Gasteiger partial charge in [-0.1, -0.05) is 13.3 Å². The summed E-state index contributed by atoms with van der Waals surface area (Å²) in [6.07, 6.45) is 2.37. The first kappa shape index (κ1) is 14.3.